The molecule has 0 atom stereocenters. The molecule has 0 saturated carbocycles. The number of hydrogen-bond donors (Lipinski definition) is 2. The summed E-state index contributed by atoms with van der Waals surface area (Å²) in [6.45, 7) is 4.17. The van der Waals surface area contributed by atoms with Gasteiger partial charge in [-0.05, 0) is 37.6 Å². The summed E-state index contributed by atoms with van der Waals surface area (Å²) in [5.41, 5.74) is 3.65. The fourth-order valence-corrected chi connectivity index (χ4v) is 2.48. The molecule has 2 rings (SSSR count). The number of hydrogen-bond acceptors (Lipinski definition) is 2. The predicted octanol–water partition coefficient (Wildman–Crippen LogP) is 4.66. The van der Waals surface area contributed by atoms with Crippen LogP contribution in [-0.2, 0) is 4.79 Å². The van der Waals surface area contributed by atoms with Crippen molar-refractivity contribution in [3.8, 4) is 0 Å². The highest BCUT2D eigenvalue weighted by Crippen LogP contribution is 2.29. The van der Waals surface area contributed by atoms with Gasteiger partial charge >= 0.3 is 0 Å². The van der Waals surface area contributed by atoms with Crippen LogP contribution >= 0.6 is 23.2 Å². The summed E-state index contributed by atoms with van der Waals surface area (Å²) in [5.74, 6) is -0.204. The number of aryl methyl sites for hydroxylation is 2. The molecule has 0 aromatic heterocycles. The first kappa shape index (κ1) is 15.7. The zero-order valence-electron chi connectivity index (χ0n) is 11.8. The van der Waals surface area contributed by atoms with Crippen LogP contribution in [0.3, 0.4) is 0 Å². The van der Waals surface area contributed by atoms with E-state index >= 15 is 0 Å². The summed E-state index contributed by atoms with van der Waals surface area (Å²) in [5, 5.41) is 6.65. The zero-order valence-corrected chi connectivity index (χ0v) is 13.3. The largest absolute Gasteiger partial charge is 0.376 e. The van der Waals surface area contributed by atoms with E-state index in [1.165, 1.54) is 5.56 Å². The number of carbonyl (C=O) groups excluding carboxylic acids is 1. The topological polar surface area (TPSA) is 41.1 Å². The number of amides is 1. The van der Waals surface area contributed by atoms with Crippen molar-refractivity contribution < 1.29 is 4.79 Å². The highest BCUT2D eigenvalue weighted by molar-refractivity contribution is 6.39. The minimum Gasteiger partial charge on any atom is -0.376 e. The van der Waals surface area contributed by atoms with E-state index in [1.807, 2.05) is 26.0 Å². The van der Waals surface area contributed by atoms with E-state index in [9.17, 15) is 4.79 Å². The Balaban J connectivity index is 1.99. The van der Waals surface area contributed by atoms with Gasteiger partial charge in [-0.2, -0.15) is 0 Å². The second-order valence-electron chi connectivity index (χ2n) is 4.82. The normalized spacial score (nSPS) is 10.3. The Morgan fingerprint density at radius 1 is 1.10 bits per heavy atom. The summed E-state index contributed by atoms with van der Waals surface area (Å²) in [6, 6.07) is 11.1. The molecule has 0 aliphatic rings. The van der Waals surface area contributed by atoms with Crippen molar-refractivity contribution in [2.75, 3.05) is 17.2 Å². The monoisotopic (exact) mass is 322 g/mol. The van der Waals surface area contributed by atoms with Gasteiger partial charge in [0.25, 0.3) is 0 Å². The fraction of sp³-hybridized carbons (Fsp3) is 0.188. The summed E-state index contributed by atoms with van der Waals surface area (Å²) in [6.07, 6.45) is 0. The molecule has 0 fully saturated rings. The lowest BCUT2D eigenvalue weighted by Crippen LogP contribution is -2.22. The minimum absolute atomic E-state index is 0.144. The Hall–Kier alpha value is -1.71. The molecule has 0 radical (unpaired) electrons. The third-order valence-electron chi connectivity index (χ3n) is 3.05. The van der Waals surface area contributed by atoms with Gasteiger partial charge in [0.05, 0.1) is 22.3 Å². The summed E-state index contributed by atoms with van der Waals surface area (Å²) in [7, 11) is 0. The lowest BCUT2D eigenvalue weighted by molar-refractivity contribution is -0.114. The third-order valence-corrected chi connectivity index (χ3v) is 3.68. The van der Waals surface area contributed by atoms with E-state index in [0.717, 1.165) is 11.3 Å². The van der Waals surface area contributed by atoms with Crippen LogP contribution < -0.4 is 10.6 Å². The molecule has 2 aromatic rings. The average Bonchev–Trinajstić information content (AvgIpc) is 2.42. The van der Waals surface area contributed by atoms with Crippen molar-refractivity contribution in [1.29, 1.82) is 0 Å². The molecule has 3 nitrogen and oxygen atoms in total. The van der Waals surface area contributed by atoms with Gasteiger partial charge in [-0.1, -0.05) is 47.0 Å². The third kappa shape index (κ3) is 4.13. The smallest absolute Gasteiger partial charge is 0.243 e. The summed E-state index contributed by atoms with van der Waals surface area (Å²) >= 11 is 12.0. The molecule has 0 bridgehead atoms. The Kier molecular flexibility index (Phi) is 5.10. The van der Waals surface area contributed by atoms with Crippen LogP contribution in [0, 0.1) is 13.8 Å². The molecule has 1 amide bonds. The fourth-order valence-electron chi connectivity index (χ4n) is 1.99. The van der Waals surface area contributed by atoms with Crippen molar-refractivity contribution >= 4 is 40.5 Å². The molecule has 0 aliphatic heterocycles. The van der Waals surface area contributed by atoms with E-state index in [-0.39, 0.29) is 12.5 Å². The maximum Gasteiger partial charge on any atom is 0.243 e. The number of rotatable bonds is 4. The van der Waals surface area contributed by atoms with Crippen molar-refractivity contribution in [1.82, 2.24) is 0 Å². The van der Waals surface area contributed by atoms with Gasteiger partial charge in [-0.15, -0.1) is 0 Å². The second-order valence-corrected chi connectivity index (χ2v) is 5.63. The van der Waals surface area contributed by atoms with Crippen LogP contribution in [0.15, 0.2) is 36.4 Å². The van der Waals surface area contributed by atoms with Gasteiger partial charge in [0, 0.05) is 5.69 Å². The summed E-state index contributed by atoms with van der Waals surface area (Å²) < 4.78 is 0. The number of para-hydroxylation sites is 1. The second kappa shape index (κ2) is 6.83. The molecule has 0 heterocycles. The van der Waals surface area contributed by atoms with Crippen LogP contribution in [-0.4, -0.2) is 12.5 Å². The van der Waals surface area contributed by atoms with Crippen molar-refractivity contribution in [3.05, 3.63) is 57.6 Å². The molecule has 0 saturated heterocycles. The number of carbonyl (C=O) groups is 1. The molecule has 110 valence electrons. The lowest BCUT2D eigenvalue weighted by Gasteiger charge is -2.12. The van der Waals surface area contributed by atoms with Gasteiger partial charge < -0.3 is 10.6 Å². The van der Waals surface area contributed by atoms with Crippen molar-refractivity contribution in [2.24, 2.45) is 0 Å². The van der Waals surface area contributed by atoms with Crippen molar-refractivity contribution in [2.45, 2.75) is 13.8 Å². The number of halogens is 2. The maximum absolute atomic E-state index is 12.0. The highest BCUT2D eigenvalue weighted by Gasteiger charge is 2.09. The quantitative estimate of drug-likeness (QED) is 0.859. The molecule has 2 N–H and O–H groups in total. The highest BCUT2D eigenvalue weighted by atomic mass is 35.5. The van der Waals surface area contributed by atoms with E-state index in [0.29, 0.717) is 15.7 Å². The van der Waals surface area contributed by atoms with Crippen LogP contribution in [0.2, 0.25) is 10.0 Å². The standard InChI is InChI=1S/C16H16Cl2N2O/c1-10-6-7-14(11(2)8-10)19-9-15(21)20-16-12(17)4-3-5-13(16)18/h3-8,19H,9H2,1-2H3,(H,20,21). The van der Waals surface area contributed by atoms with Gasteiger partial charge in [0.15, 0.2) is 0 Å². The molecular formula is C16H16Cl2N2O. The molecule has 0 aliphatic carbocycles. The van der Waals surface area contributed by atoms with E-state index in [4.69, 9.17) is 23.2 Å². The molecule has 0 unspecified atom stereocenters. The van der Waals surface area contributed by atoms with Crippen LogP contribution in [0.4, 0.5) is 11.4 Å². The Morgan fingerprint density at radius 2 is 1.76 bits per heavy atom. The predicted molar refractivity (Wildman–Crippen MR) is 89.5 cm³/mol. The van der Waals surface area contributed by atoms with Crippen LogP contribution in [0.25, 0.3) is 0 Å². The Bertz CT molecular complexity index is 651. The Labute approximate surface area is 134 Å². The first-order chi connectivity index (χ1) is 9.97. The van der Waals surface area contributed by atoms with Crippen LogP contribution in [0.1, 0.15) is 11.1 Å². The van der Waals surface area contributed by atoms with Gasteiger partial charge in [0.1, 0.15) is 0 Å². The number of nitrogens with one attached hydrogen (secondary N) is 2. The number of anilines is 2. The molecular weight excluding hydrogens is 307 g/mol. The van der Waals surface area contributed by atoms with Crippen molar-refractivity contribution in [3.63, 3.8) is 0 Å². The first-order valence-electron chi connectivity index (χ1n) is 6.52. The molecule has 2 aromatic carbocycles. The van der Waals surface area contributed by atoms with Gasteiger partial charge in [0.2, 0.25) is 5.91 Å². The first-order valence-corrected chi connectivity index (χ1v) is 7.28. The molecule has 0 spiro atoms. The SMILES string of the molecule is Cc1ccc(NCC(=O)Nc2c(Cl)cccc2Cl)c(C)c1. The minimum atomic E-state index is -0.204. The Morgan fingerprint density at radius 3 is 2.38 bits per heavy atom. The van der Waals surface area contributed by atoms with E-state index < -0.39 is 0 Å². The number of benzene rings is 2. The molecule has 5 heteroatoms. The molecule has 21 heavy (non-hydrogen) atoms. The van der Waals surface area contributed by atoms with Gasteiger partial charge in [-0.25, -0.2) is 0 Å². The zero-order chi connectivity index (χ0) is 15.4. The van der Waals surface area contributed by atoms with E-state index in [2.05, 4.69) is 16.7 Å². The van der Waals surface area contributed by atoms with Crippen LogP contribution in [0.5, 0.6) is 0 Å². The lowest BCUT2D eigenvalue weighted by atomic mass is 10.1. The van der Waals surface area contributed by atoms with E-state index in [1.54, 1.807) is 18.2 Å². The maximum atomic E-state index is 12.0. The van der Waals surface area contributed by atoms with Gasteiger partial charge in [-0.3, -0.25) is 4.79 Å². The summed E-state index contributed by atoms with van der Waals surface area (Å²) in [4.78, 5) is 12.0. The average molecular weight is 323 g/mol.